The van der Waals surface area contributed by atoms with E-state index >= 15 is 0 Å². The van der Waals surface area contributed by atoms with Crippen molar-refractivity contribution < 1.29 is 23.9 Å². The van der Waals surface area contributed by atoms with Gasteiger partial charge in [-0.15, -0.1) is 0 Å². The molecule has 1 aromatic carbocycles. The van der Waals surface area contributed by atoms with E-state index < -0.39 is 28.4 Å². The van der Waals surface area contributed by atoms with Gasteiger partial charge >= 0.3 is 17.9 Å². The predicted octanol–water partition coefficient (Wildman–Crippen LogP) is 6.60. The number of cyclic esters (lactones) is 2. The fourth-order valence-corrected chi connectivity index (χ4v) is 3.36. The smallest absolute Gasteiger partial charge is 0.320 e. The Labute approximate surface area is 184 Å². The average molecular weight is 425 g/mol. The summed E-state index contributed by atoms with van der Waals surface area (Å²) in [5.74, 6) is -1.48. The fraction of sp³-hybridized carbons (Fsp3) is 0.640. The molecule has 0 aromatic heterocycles. The first-order valence-corrected chi connectivity index (χ1v) is 8.98. The number of aryl methyl sites for hydroxylation is 1. The number of benzene rings is 1. The SMILES string of the molecule is C.C.C.C.CCC(C)(CC1(C)CC(=O)OC1=O)C(=O)OC(C)(C)c1ccc(C)cc1. The molecule has 0 spiro atoms. The summed E-state index contributed by atoms with van der Waals surface area (Å²) >= 11 is 0. The first-order valence-electron chi connectivity index (χ1n) is 8.98. The highest BCUT2D eigenvalue weighted by molar-refractivity contribution is 5.97. The monoisotopic (exact) mass is 424 g/mol. The lowest BCUT2D eigenvalue weighted by Gasteiger charge is -2.36. The molecule has 0 saturated carbocycles. The van der Waals surface area contributed by atoms with E-state index in [9.17, 15) is 14.4 Å². The van der Waals surface area contributed by atoms with E-state index in [-0.39, 0.29) is 48.5 Å². The molecule has 2 atom stereocenters. The average Bonchev–Trinajstić information content (AvgIpc) is 2.79. The molecular formula is C25H44O5. The number of ether oxygens (including phenoxy) is 2. The second-order valence-electron chi connectivity index (χ2n) is 8.36. The van der Waals surface area contributed by atoms with Crippen molar-refractivity contribution in [2.24, 2.45) is 10.8 Å². The minimum atomic E-state index is -0.991. The van der Waals surface area contributed by atoms with Crippen LogP contribution in [0.1, 0.15) is 94.7 Å². The fourth-order valence-electron chi connectivity index (χ4n) is 3.36. The van der Waals surface area contributed by atoms with Crippen molar-refractivity contribution in [3.05, 3.63) is 35.4 Å². The van der Waals surface area contributed by atoms with Gasteiger partial charge in [-0.2, -0.15) is 0 Å². The molecule has 0 radical (unpaired) electrons. The van der Waals surface area contributed by atoms with Crippen molar-refractivity contribution in [3.63, 3.8) is 0 Å². The molecule has 0 amide bonds. The Morgan fingerprint density at radius 3 is 1.97 bits per heavy atom. The zero-order valence-electron chi connectivity index (χ0n) is 16.5. The third-order valence-corrected chi connectivity index (χ3v) is 5.38. The Morgan fingerprint density at radius 1 is 1.07 bits per heavy atom. The zero-order chi connectivity index (χ0) is 19.8. The molecule has 1 heterocycles. The molecule has 1 aliphatic heterocycles. The summed E-state index contributed by atoms with van der Waals surface area (Å²) in [4.78, 5) is 36.6. The van der Waals surface area contributed by atoms with Crippen LogP contribution in [0.25, 0.3) is 0 Å². The lowest BCUT2D eigenvalue weighted by atomic mass is 9.70. The van der Waals surface area contributed by atoms with Crippen molar-refractivity contribution in [2.45, 2.75) is 96.1 Å². The van der Waals surface area contributed by atoms with E-state index in [4.69, 9.17) is 9.47 Å². The van der Waals surface area contributed by atoms with E-state index in [0.717, 1.165) is 11.1 Å². The number of carbonyl (C=O) groups excluding carboxylic acids is 3. The highest BCUT2D eigenvalue weighted by Crippen LogP contribution is 2.44. The molecular weight excluding hydrogens is 380 g/mol. The highest BCUT2D eigenvalue weighted by Gasteiger charge is 2.51. The maximum atomic E-state index is 13.0. The Balaban J connectivity index is -0.00000182. The highest BCUT2D eigenvalue weighted by atomic mass is 16.6. The summed E-state index contributed by atoms with van der Waals surface area (Å²) in [6.07, 6.45) is 0.701. The summed E-state index contributed by atoms with van der Waals surface area (Å²) in [6, 6.07) is 7.84. The van der Waals surface area contributed by atoms with Gasteiger partial charge in [0.25, 0.3) is 0 Å². The van der Waals surface area contributed by atoms with E-state index in [2.05, 4.69) is 0 Å². The second-order valence-corrected chi connectivity index (χ2v) is 8.36. The van der Waals surface area contributed by atoms with Crippen LogP contribution in [0.3, 0.4) is 0 Å². The first-order chi connectivity index (χ1) is 11.9. The molecule has 5 nitrogen and oxygen atoms in total. The van der Waals surface area contributed by atoms with Gasteiger partial charge in [0.15, 0.2) is 0 Å². The molecule has 1 saturated heterocycles. The van der Waals surface area contributed by atoms with Crippen LogP contribution in [0.5, 0.6) is 0 Å². The second kappa shape index (κ2) is 11.3. The molecule has 2 rings (SSSR count). The minimum Gasteiger partial charge on any atom is -0.454 e. The largest absolute Gasteiger partial charge is 0.454 e. The van der Waals surface area contributed by atoms with Crippen molar-refractivity contribution in [1.29, 1.82) is 0 Å². The molecule has 2 unspecified atom stereocenters. The molecule has 1 aromatic rings. The summed E-state index contributed by atoms with van der Waals surface area (Å²) in [6.45, 7) is 11.0. The van der Waals surface area contributed by atoms with Crippen LogP contribution in [-0.4, -0.2) is 17.9 Å². The number of hydrogen-bond donors (Lipinski definition) is 0. The van der Waals surface area contributed by atoms with Gasteiger partial charge in [0.2, 0.25) is 0 Å². The molecule has 174 valence electrons. The third-order valence-electron chi connectivity index (χ3n) is 5.38. The van der Waals surface area contributed by atoms with Crippen LogP contribution in [0.2, 0.25) is 0 Å². The van der Waals surface area contributed by atoms with Gasteiger partial charge in [0.1, 0.15) is 5.60 Å². The summed E-state index contributed by atoms with van der Waals surface area (Å²) in [5.41, 5.74) is -0.647. The van der Waals surface area contributed by atoms with Gasteiger partial charge in [-0.3, -0.25) is 14.4 Å². The number of carbonyl (C=O) groups is 3. The zero-order valence-corrected chi connectivity index (χ0v) is 16.5. The van der Waals surface area contributed by atoms with E-state index in [1.54, 1.807) is 13.8 Å². The summed E-state index contributed by atoms with van der Waals surface area (Å²) in [5, 5.41) is 0. The van der Waals surface area contributed by atoms with Crippen LogP contribution in [0.4, 0.5) is 0 Å². The molecule has 30 heavy (non-hydrogen) atoms. The lowest BCUT2D eigenvalue weighted by molar-refractivity contribution is -0.172. The van der Waals surface area contributed by atoms with Gasteiger partial charge in [0, 0.05) is 0 Å². The first kappa shape index (κ1) is 32.5. The molecule has 1 fully saturated rings. The van der Waals surface area contributed by atoms with Gasteiger partial charge in [0.05, 0.1) is 17.3 Å². The van der Waals surface area contributed by atoms with Crippen molar-refractivity contribution in [2.75, 3.05) is 0 Å². The molecule has 1 aliphatic rings. The number of esters is 3. The van der Waals surface area contributed by atoms with Gasteiger partial charge < -0.3 is 9.47 Å². The van der Waals surface area contributed by atoms with Crippen LogP contribution in [0.15, 0.2) is 24.3 Å². The predicted molar refractivity (Wildman–Crippen MR) is 124 cm³/mol. The van der Waals surface area contributed by atoms with E-state index in [1.807, 2.05) is 52.0 Å². The summed E-state index contributed by atoms with van der Waals surface area (Å²) < 4.78 is 10.6. The standard InChI is InChI=1S/C21H28O5.4CH4/c1-7-20(5,13-21(6)12-16(22)25-17(21)23)18(24)26-19(3,4)15-10-8-14(2)9-11-15;;;;/h8-11H,7,12-13H2,1-6H3;4*1H4. The Morgan fingerprint density at radius 2 is 1.57 bits per heavy atom. The van der Waals surface area contributed by atoms with Crippen LogP contribution < -0.4 is 0 Å². The van der Waals surface area contributed by atoms with Crippen molar-refractivity contribution >= 4 is 17.9 Å². The van der Waals surface area contributed by atoms with E-state index in [0.29, 0.717) is 6.42 Å². The maximum absolute atomic E-state index is 13.0. The van der Waals surface area contributed by atoms with Crippen LogP contribution in [0, 0.1) is 17.8 Å². The Bertz CT molecular complexity index is 720. The molecule has 0 aliphatic carbocycles. The van der Waals surface area contributed by atoms with Crippen LogP contribution in [-0.2, 0) is 29.5 Å². The maximum Gasteiger partial charge on any atom is 0.320 e. The number of hydrogen-bond acceptors (Lipinski definition) is 5. The minimum absolute atomic E-state index is 0. The normalized spacial score (nSPS) is 19.7. The quantitative estimate of drug-likeness (QED) is 0.380. The molecule has 0 bridgehead atoms. The van der Waals surface area contributed by atoms with E-state index in [1.165, 1.54) is 0 Å². The lowest BCUT2D eigenvalue weighted by Crippen LogP contribution is -2.40. The van der Waals surface area contributed by atoms with Gasteiger partial charge in [-0.25, -0.2) is 0 Å². The van der Waals surface area contributed by atoms with Gasteiger partial charge in [-0.1, -0.05) is 66.5 Å². The topological polar surface area (TPSA) is 69.7 Å². The third kappa shape index (κ3) is 6.68. The Kier molecular flexibility index (Phi) is 12.2. The summed E-state index contributed by atoms with van der Waals surface area (Å²) in [7, 11) is 0. The van der Waals surface area contributed by atoms with Crippen LogP contribution >= 0.6 is 0 Å². The van der Waals surface area contributed by atoms with Crippen molar-refractivity contribution in [1.82, 2.24) is 0 Å². The molecule has 5 heteroatoms. The van der Waals surface area contributed by atoms with Crippen molar-refractivity contribution in [3.8, 4) is 0 Å². The van der Waals surface area contributed by atoms with Gasteiger partial charge in [-0.05, 0) is 53.0 Å². The molecule has 0 N–H and O–H groups in total. The Hall–Kier alpha value is -2.17. The number of rotatable bonds is 6.